The summed E-state index contributed by atoms with van der Waals surface area (Å²) in [4.78, 5) is 0.413. The van der Waals surface area contributed by atoms with Gasteiger partial charge in [0.1, 0.15) is 0 Å². The molecule has 0 unspecified atom stereocenters. The quantitative estimate of drug-likeness (QED) is 0.719. The topological polar surface area (TPSA) is 54.3 Å². The first-order valence-corrected chi connectivity index (χ1v) is 11.1. The first kappa shape index (κ1) is 17.5. The van der Waals surface area contributed by atoms with Gasteiger partial charge in [0.15, 0.2) is 0 Å². The number of benzene rings is 2. The Morgan fingerprint density at radius 3 is 2.43 bits per heavy atom. The summed E-state index contributed by atoms with van der Waals surface area (Å²) in [5.41, 5.74) is 4.00. The summed E-state index contributed by atoms with van der Waals surface area (Å²) in [5.74, 6) is 0. The third-order valence-corrected chi connectivity index (χ3v) is 8.12. The molecule has 0 atom stereocenters. The SMILES string of the molecule is Cc1ccccc1S(=O)(=O)N1CCC2(CC1)Nc1ccccc1-n1cccc12. The molecule has 0 saturated carbocycles. The molecule has 2 aliphatic rings. The fourth-order valence-electron chi connectivity index (χ4n) is 4.57. The van der Waals surface area contributed by atoms with Crippen molar-refractivity contribution in [3.63, 3.8) is 0 Å². The van der Waals surface area contributed by atoms with E-state index in [1.54, 1.807) is 16.4 Å². The van der Waals surface area contributed by atoms with Crippen LogP contribution in [0.1, 0.15) is 24.1 Å². The lowest BCUT2D eigenvalue weighted by molar-refractivity contribution is 0.247. The zero-order valence-corrected chi connectivity index (χ0v) is 16.6. The number of piperidine rings is 1. The highest BCUT2D eigenvalue weighted by atomic mass is 32.2. The number of anilines is 1. The Kier molecular flexibility index (Phi) is 3.89. The maximum Gasteiger partial charge on any atom is 0.243 e. The molecule has 0 amide bonds. The number of rotatable bonds is 2. The first-order chi connectivity index (χ1) is 13.5. The fourth-order valence-corrected chi connectivity index (χ4v) is 6.23. The first-order valence-electron chi connectivity index (χ1n) is 9.63. The van der Waals surface area contributed by atoms with Crippen molar-refractivity contribution < 1.29 is 8.42 Å². The Bertz CT molecular complexity index is 1140. The highest BCUT2D eigenvalue weighted by Crippen LogP contribution is 2.44. The number of hydrogen-bond donors (Lipinski definition) is 1. The van der Waals surface area contributed by atoms with Gasteiger partial charge in [0.25, 0.3) is 0 Å². The molecule has 1 spiro atoms. The van der Waals surface area contributed by atoms with Crippen LogP contribution in [0.3, 0.4) is 0 Å². The van der Waals surface area contributed by atoms with Gasteiger partial charge in [-0.15, -0.1) is 0 Å². The third-order valence-electron chi connectivity index (χ3n) is 6.06. The van der Waals surface area contributed by atoms with Crippen LogP contribution < -0.4 is 5.32 Å². The number of hydrogen-bond acceptors (Lipinski definition) is 3. The number of para-hydroxylation sites is 2. The Morgan fingerprint density at radius 2 is 1.64 bits per heavy atom. The van der Waals surface area contributed by atoms with Gasteiger partial charge in [0, 0.05) is 25.0 Å². The van der Waals surface area contributed by atoms with Gasteiger partial charge in [-0.2, -0.15) is 4.31 Å². The van der Waals surface area contributed by atoms with Crippen molar-refractivity contribution in [1.29, 1.82) is 0 Å². The number of nitrogens with one attached hydrogen (secondary N) is 1. The van der Waals surface area contributed by atoms with Crippen LogP contribution in [0.2, 0.25) is 0 Å². The lowest BCUT2D eigenvalue weighted by Gasteiger charge is -2.45. The van der Waals surface area contributed by atoms with Crippen molar-refractivity contribution in [2.45, 2.75) is 30.2 Å². The molecular weight excluding hydrogens is 370 g/mol. The van der Waals surface area contributed by atoms with Crippen LogP contribution >= 0.6 is 0 Å². The van der Waals surface area contributed by atoms with Crippen molar-refractivity contribution in [2.75, 3.05) is 18.4 Å². The van der Waals surface area contributed by atoms with E-state index >= 15 is 0 Å². The van der Waals surface area contributed by atoms with Gasteiger partial charge in [-0.3, -0.25) is 0 Å². The molecule has 0 radical (unpaired) electrons. The van der Waals surface area contributed by atoms with Crippen LogP contribution in [-0.4, -0.2) is 30.4 Å². The van der Waals surface area contributed by atoms with E-state index in [2.05, 4.69) is 40.3 Å². The molecule has 2 aromatic carbocycles. The monoisotopic (exact) mass is 393 g/mol. The predicted molar refractivity (Wildman–Crippen MR) is 110 cm³/mol. The lowest BCUT2D eigenvalue weighted by atomic mass is 9.83. The Labute approximate surface area is 165 Å². The van der Waals surface area contributed by atoms with E-state index in [1.165, 1.54) is 5.69 Å². The maximum atomic E-state index is 13.2. The van der Waals surface area contributed by atoms with E-state index < -0.39 is 10.0 Å². The number of nitrogens with zero attached hydrogens (tertiary/aromatic N) is 2. The van der Waals surface area contributed by atoms with E-state index in [0.717, 1.165) is 29.8 Å². The van der Waals surface area contributed by atoms with Gasteiger partial charge in [0.2, 0.25) is 10.0 Å². The summed E-state index contributed by atoms with van der Waals surface area (Å²) in [6, 6.07) is 19.7. The zero-order valence-electron chi connectivity index (χ0n) is 15.8. The molecule has 1 saturated heterocycles. The van der Waals surface area contributed by atoms with Gasteiger partial charge >= 0.3 is 0 Å². The standard InChI is InChI=1S/C22H23N3O2S/c1-17-7-2-5-10-20(17)28(26,27)24-15-12-22(13-16-24)21-11-6-14-25(21)19-9-4-3-8-18(19)23-22/h2-11,14,23H,12-13,15-16H2,1H3. The molecule has 3 heterocycles. The maximum absolute atomic E-state index is 13.2. The summed E-state index contributed by atoms with van der Waals surface area (Å²) in [6.45, 7) is 2.85. The fraction of sp³-hybridized carbons (Fsp3) is 0.273. The van der Waals surface area contributed by atoms with E-state index in [9.17, 15) is 8.42 Å². The van der Waals surface area contributed by atoms with E-state index in [4.69, 9.17) is 0 Å². The molecule has 144 valence electrons. The molecule has 1 fully saturated rings. The lowest BCUT2D eigenvalue weighted by Crippen LogP contribution is -2.51. The van der Waals surface area contributed by atoms with Crippen molar-refractivity contribution >= 4 is 15.7 Å². The third kappa shape index (κ3) is 2.52. The predicted octanol–water partition coefficient (Wildman–Crippen LogP) is 3.89. The van der Waals surface area contributed by atoms with Crippen LogP contribution in [0.5, 0.6) is 0 Å². The van der Waals surface area contributed by atoms with Gasteiger partial charge in [-0.05, 0) is 55.7 Å². The van der Waals surface area contributed by atoms with Crippen molar-refractivity contribution in [3.8, 4) is 5.69 Å². The molecule has 6 heteroatoms. The highest BCUT2D eigenvalue weighted by Gasteiger charge is 2.43. The van der Waals surface area contributed by atoms with Crippen LogP contribution in [0.25, 0.3) is 5.69 Å². The van der Waals surface area contributed by atoms with E-state index in [-0.39, 0.29) is 5.54 Å². The van der Waals surface area contributed by atoms with Gasteiger partial charge in [0.05, 0.1) is 21.8 Å². The number of sulfonamides is 1. The van der Waals surface area contributed by atoms with E-state index in [0.29, 0.717) is 18.0 Å². The second-order valence-electron chi connectivity index (χ2n) is 7.66. The largest absolute Gasteiger partial charge is 0.372 e. The molecule has 1 aromatic heterocycles. The average Bonchev–Trinajstić information content (AvgIpc) is 3.20. The molecule has 3 aromatic rings. The minimum Gasteiger partial charge on any atom is -0.372 e. The van der Waals surface area contributed by atoms with E-state index in [1.807, 2.05) is 31.2 Å². The van der Waals surface area contributed by atoms with Crippen molar-refractivity contribution in [3.05, 3.63) is 78.1 Å². The normalized spacial score (nSPS) is 18.3. The second kappa shape index (κ2) is 6.22. The van der Waals surface area contributed by atoms with Crippen LogP contribution in [0, 0.1) is 6.92 Å². The Hall–Kier alpha value is -2.57. The zero-order chi connectivity index (χ0) is 19.4. The molecule has 5 rings (SSSR count). The van der Waals surface area contributed by atoms with Crippen molar-refractivity contribution in [1.82, 2.24) is 8.87 Å². The molecule has 0 aliphatic carbocycles. The number of fused-ring (bicyclic) bond motifs is 4. The molecule has 28 heavy (non-hydrogen) atoms. The summed E-state index contributed by atoms with van der Waals surface area (Å²) < 4.78 is 30.2. The summed E-state index contributed by atoms with van der Waals surface area (Å²) >= 11 is 0. The van der Waals surface area contributed by atoms with Gasteiger partial charge < -0.3 is 9.88 Å². The Morgan fingerprint density at radius 1 is 0.929 bits per heavy atom. The molecule has 5 nitrogen and oxygen atoms in total. The van der Waals surface area contributed by atoms with Crippen molar-refractivity contribution in [2.24, 2.45) is 0 Å². The highest BCUT2D eigenvalue weighted by molar-refractivity contribution is 7.89. The Balaban J connectivity index is 1.46. The number of aryl methyl sites for hydroxylation is 1. The van der Waals surface area contributed by atoms with Gasteiger partial charge in [-0.25, -0.2) is 8.42 Å². The molecule has 2 aliphatic heterocycles. The second-order valence-corrected chi connectivity index (χ2v) is 9.56. The average molecular weight is 394 g/mol. The van der Waals surface area contributed by atoms with Gasteiger partial charge in [-0.1, -0.05) is 30.3 Å². The minimum absolute atomic E-state index is 0.240. The smallest absolute Gasteiger partial charge is 0.243 e. The summed E-state index contributed by atoms with van der Waals surface area (Å²) in [5, 5.41) is 3.74. The van der Waals surface area contributed by atoms with Crippen LogP contribution in [-0.2, 0) is 15.6 Å². The summed E-state index contributed by atoms with van der Waals surface area (Å²) in [6.07, 6.45) is 3.56. The minimum atomic E-state index is -3.47. The van der Waals surface area contributed by atoms with Crippen LogP contribution in [0.4, 0.5) is 5.69 Å². The molecule has 1 N–H and O–H groups in total. The summed E-state index contributed by atoms with van der Waals surface area (Å²) in [7, 11) is -3.47. The number of aromatic nitrogens is 1. The molecular formula is C22H23N3O2S. The van der Waals surface area contributed by atoms with Crippen LogP contribution in [0.15, 0.2) is 71.8 Å². The molecule has 0 bridgehead atoms.